The van der Waals surface area contributed by atoms with E-state index in [1.54, 1.807) is 19.1 Å². The monoisotopic (exact) mass is 226 g/mol. The third-order valence-electron chi connectivity index (χ3n) is 2.07. The number of hydrogen-bond acceptors (Lipinski definition) is 3. The van der Waals surface area contributed by atoms with Crippen LogP contribution in [0.1, 0.15) is 22.8 Å². The average Bonchev–Trinajstić information content (AvgIpc) is 2.28. The summed E-state index contributed by atoms with van der Waals surface area (Å²) in [5.41, 5.74) is 0.727. The second kappa shape index (κ2) is 6.23. The lowest BCUT2D eigenvalue weighted by molar-refractivity contribution is 0.0335. The molecule has 1 rings (SSSR count). The zero-order valence-electron chi connectivity index (χ0n) is 9.46. The molecule has 0 aliphatic heterocycles. The van der Waals surface area contributed by atoms with Crippen molar-refractivity contribution in [2.75, 3.05) is 19.8 Å². The van der Waals surface area contributed by atoms with Gasteiger partial charge >= 0.3 is 5.97 Å². The minimum atomic E-state index is -0.529. The molecule has 0 radical (unpaired) electrons. The van der Waals surface area contributed by atoms with Crippen molar-refractivity contribution in [3.63, 3.8) is 0 Å². The fourth-order valence-corrected chi connectivity index (χ4v) is 1.14. The Morgan fingerprint density at radius 3 is 2.75 bits per heavy atom. The maximum absolute atomic E-state index is 13.2. The summed E-state index contributed by atoms with van der Waals surface area (Å²) < 4.78 is 23.1. The number of hydrogen-bond donors (Lipinski definition) is 0. The third-order valence-corrected chi connectivity index (χ3v) is 2.07. The summed E-state index contributed by atoms with van der Waals surface area (Å²) in [7, 11) is 0. The Morgan fingerprint density at radius 1 is 1.38 bits per heavy atom. The highest BCUT2D eigenvalue weighted by Gasteiger charge is 2.08. The van der Waals surface area contributed by atoms with E-state index in [4.69, 9.17) is 9.47 Å². The lowest BCUT2D eigenvalue weighted by Gasteiger charge is -2.05. The van der Waals surface area contributed by atoms with Gasteiger partial charge in [0.1, 0.15) is 12.4 Å². The minimum absolute atomic E-state index is 0.183. The summed E-state index contributed by atoms with van der Waals surface area (Å²) in [4.78, 5) is 11.4. The van der Waals surface area contributed by atoms with E-state index in [-0.39, 0.29) is 12.2 Å². The minimum Gasteiger partial charge on any atom is -0.460 e. The van der Waals surface area contributed by atoms with E-state index in [9.17, 15) is 9.18 Å². The van der Waals surface area contributed by atoms with Crippen LogP contribution in [0, 0.1) is 12.7 Å². The van der Waals surface area contributed by atoms with Crippen LogP contribution in [0.15, 0.2) is 18.2 Å². The summed E-state index contributed by atoms with van der Waals surface area (Å²) in [6, 6.07) is 4.27. The number of esters is 1. The van der Waals surface area contributed by atoms with Crippen LogP contribution >= 0.6 is 0 Å². The van der Waals surface area contributed by atoms with Gasteiger partial charge in [0.2, 0.25) is 0 Å². The highest BCUT2D eigenvalue weighted by molar-refractivity contribution is 5.89. The fraction of sp³-hybridized carbons (Fsp3) is 0.417. The molecule has 0 aromatic heterocycles. The fourth-order valence-electron chi connectivity index (χ4n) is 1.14. The van der Waals surface area contributed by atoms with Gasteiger partial charge in [0.15, 0.2) is 0 Å². The number of aryl methyl sites for hydroxylation is 1. The number of halogens is 1. The van der Waals surface area contributed by atoms with Gasteiger partial charge in [-0.1, -0.05) is 6.07 Å². The van der Waals surface area contributed by atoms with E-state index in [1.165, 1.54) is 6.07 Å². The average molecular weight is 226 g/mol. The van der Waals surface area contributed by atoms with Crippen molar-refractivity contribution >= 4 is 5.97 Å². The Hall–Kier alpha value is -1.42. The Labute approximate surface area is 94.2 Å². The van der Waals surface area contributed by atoms with Gasteiger partial charge in [-0.2, -0.15) is 0 Å². The molecule has 0 bridgehead atoms. The van der Waals surface area contributed by atoms with Gasteiger partial charge in [0, 0.05) is 6.61 Å². The first-order valence-corrected chi connectivity index (χ1v) is 5.16. The molecule has 4 heteroatoms. The Morgan fingerprint density at radius 2 is 2.12 bits per heavy atom. The first-order chi connectivity index (χ1) is 7.65. The standard InChI is InChI=1S/C12H15FO3/c1-3-15-6-7-16-12(14)10-5-4-9(2)11(13)8-10/h4-5,8H,3,6-7H2,1-2H3. The molecule has 0 spiro atoms. The third kappa shape index (κ3) is 3.62. The Kier molecular flexibility index (Phi) is 4.92. The summed E-state index contributed by atoms with van der Waals surface area (Å²) in [5, 5.41) is 0. The zero-order chi connectivity index (χ0) is 12.0. The van der Waals surface area contributed by atoms with Crippen LogP contribution in [0.25, 0.3) is 0 Å². The number of carbonyl (C=O) groups excluding carboxylic acids is 1. The maximum Gasteiger partial charge on any atom is 0.338 e. The number of rotatable bonds is 5. The van der Waals surface area contributed by atoms with Gasteiger partial charge in [0.05, 0.1) is 12.2 Å². The van der Waals surface area contributed by atoms with Crippen molar-refractivity contribution in [2.24, 2.45) is 0 Å². The van der Waals surface area contributed by atoms with Gasteiger partial charge in [0.25, 0.3) is 0 Å². The molecule has 0 saturated heterocycles. The SMILES string of the molecule is CCOCCOC(=O)c1ccc(C)c(F)c1. The van der Waals surface area contributed by atoms with Crippen molar-refractivity contribution in [1.29, 1.82) is 0 Å². The molecule has 0 fully saturated rings. The van der Waals surface area contributed by atoms with Crippen LogP contribution in [0.4, 0.5) is 4.39 Å². The van der Waals surface area contributed by atoms with Crippen molar-refractivity contribution in [1.82, 2.24) is 0 Å². The Bertz CT molecular complexity index is 363. The number of carbonyl (C=O) groups is 1. The molecule has 1 aromatic carbocycles. The lowest BCUT2D eigenvalue weighted by Crippen LogP contribution is -2.11. The molecule has 0 aliphatic carbocycles. The molecule has 16 heavy (non-hydrogen) atoms. The van der Waals surface area contributed by atoms with Gasteiger partial charge in [-0.25, -0.2) is 9.18 Å². The predicted octanol–water partition coefficient (Wildman–Crippen LogP) is 2.33. The molecule has 0 saturated carbocycles. The first kappa shape index (κ1) is 12.6. The summed E-state index contributed by atoms with van der Waals surface area (Å²) in [6.07, 6.45) is 0. The molecular weight excluding hydrogens is 211 g/mol. The highest BCUT2D eigenvalue weighted by Crippen LogP contribution is 2.10. The van der Waals surface area contributed by atoms with E-state index >= 15 is 0 Å². The predicted molar refractivity (Wildman–Crippen MR) is 57.9 cm³/mol. The van der Waals surface area contributed by atoms with E-state index in [0.717, 1.165) is 0 Å². The second-order valence-electron chi connectivity index (χ2n) is 3.30. The summed E-state index contributed by atoms with van der Waals surface area (Å²) in [5.74, 6) is -0.933. The second-order valence-corrected chi connectivity index (χ2v) is 3.30. The molecule has 0 unspecified atom stereocenters. The van der Waals surface area contributed by atoms with E-state index in [2.05, 4.69) is 0 Å². The topological polar surface area (TPSA) is 35.5 Å². The van der Waals surface area contributed by atoms with Gasteiger partial charge in [-0.3, -0.25) is 0 Å². The van der Waals surface area contributed by atoms with Crippen LogP contribution in [0.3, 0.4) is 0 Å². The maximum atomic E-state index is 13.2. The van der Waals surface area contributed by atoms with Gasteiger partial charge in [-0.15, -0.1) is 0 Å². The van der Waals surface area contributed by atoms with E-state index < -0.39 is 11.8 Å². The van der Waals surface area contributed by atoms with Crippen LogP contribution < -0.4 is 0 Å². The molecule has 1 aromatic rings. The quantitative estimate of drug-likeness (QED) is 0.571. The molecule has 0 N–H and O–H groups in total. The van der Waals surface area contributed by atoms with E-state index in [0.29, 0.717) is 18.8 Å². The van der Waals surface area contributed by atoms with Crippen molar-refractivity contribution in [3.05, 3.63) is 35.1 Å². The van der Waals surface area contributed by atoms with Crippen molar-refractivity contribution < 1.29 is 18.7 Å². The first-order valence-electron chi connectivity index (χ1n) is 5.16. The number of ether oxygens (including phenoxy) is 2. The van der Waals surface area contributed by atoms with Crippen LogP contribution in [-0.4, -0.2) is 25.8 Å². The molecule has 0 aliphatic rings. The summed E-state index contributed by atoms with van der Waals surface area (Å²) >= 11 is 0. The molecule has 3 nitrogen and oxygen atoms in total. The van der Waals surface area contributed by atoms with Gasteiger partial charge in [-0.05, 0) is 31.5 Å². The van der Waals surface area contributed by atoms with Crippen LogP contribution in [0.2, 0.25) is 0 Å². The molecule has 0 amide bonds. The van der Waals surface area contributed by atoms with Crippen LogP contribution in [0.5, 0.6) is 0 Å². The van der Waals surface area contributed by atoms with E-state index in [1.807, 2.05) is 6.92 Å². The lowest BCUT2D eigenvalue weighted by atomic mass is 10.1. The van der Waals surface area contributed by atoms with Crippen molar-refractivity contribution in [2.45, 2.75) is 13.8 Å². The molecular formula is C12H15FO3. The molecule has 0 atom stereocenters. The number of benzene rings is 1. The smallest absolute Gasteiger partial charge is 0.338 e. The van der Waals surface area contributed by atoms with Crippen LogP contribution in [-0.2, 0) is 9.47 Å². The summed E-state index contributed by atoms with van der Waals surface area (Å²) in [6.45, 7) is 4.62. The zero-order valence-corrected chi connectivity index (χ0v) is 9.46. The highest BCUT2D eigenvalue weighted by atomic mass is 19.1. The molecule has 88 valence electrons. The van der Waals surface area contributed by atoms with Gasteiger partial charge < -0.3 is 9.47 Å². The largest absolute Gasteiger partial charge is 0.460 e. The van der Waals surface area contributed by atoms with Crippen molar-refractivity contribution in [3.8, 4) is 0 Å². The normalized spacial score (nSPS) is 10.2. The Balaban J connectivity index is 2.50. The molecule has 0 heterocycles.